The Morgan fingerprint density at radius 3 is 1.88 bits per heavy atom. The number of ether oxygens (including phenoxy) is 3. The molecular formula is C29H46N4O9. The van der Waals surface area contributed by atoms with Crippen LogP contribution in [0.3, 0.4) is 0 Å². The number of aromatic hydroxyl groups is 1. The molecule has 1 rings (SSSR count). The van der Waals surface area contributed by atoms with Gasteiger partial charge in [0.25, 0.3) is 0 Å². The second-order valence-corrected chi connectivity index (χ2v) is 11.3. The molecule has 42 heavy (non-hydrogen) atoms. The number of hydrogen-bond donors (Lipinski definition) is 5. The molecule has 4 atom stereocenters. The molecule has 0 heterocycles. The van der Waals surface area contributed by atoms with Gasteiger partial charge in [0.2, 0.25) is 23.6 Å². The molecule has 0 aliphatic carbocycles. The van der Waals surface area contributed by atoms with E-state index < -0.39 is 65.7 Å². The quantitative estimate of drug-likeness (QED) is 0.146. The van der Waals surface area contributed by atoms with E-state index >= 15 is 0 Å². The van der Waals surface area contributed by atoms with Crippen molar-refractivity contribution in [3.63, 3.8) is 0 Å². The molecule has 0 saturated heterocycles. The average Bonchev–Trinajstić information content (AvgIpc) is 2.86. The summed E-state index contributed by atoms with van der Waals surface area (Å²) in [6, 6.07) is 2.18. The monoisotopic (exact) mass is 594 g/mol. The lowest BCUT2D eigenvalue weighted by Gasteiger charge is -2.29. The topological polar surface area (TPSA) is 181 Å². The van der Waals surface area contributed by atoms with Gasteiger partial charge in [0.15, 0.2) is 6.29 Å². The van der Waals surface area contributed by atoms with Crippen LogP contribution in [0.1, 0.15) is 60.5 Å². The zero-order chi connectivity index (χ0) is 32.2. The van der Waals surface area contributed by atoms with E-state index in [4.69, 9.17) is 14.2 Å². The molecule has 0 aromatic heterocycles. The summed E-state index contributed by atoms with van der Waals surface area (Å²) < 4.78 is 15.8. The SMILES string of the molecule is COC(OC)[C@H](CC(=O)OC(C)(C)C)NC(=O)[C@H](C)NC(=O)[C@H](NC(=O)[C@H](Cc1ccc(O)cc1)NC(C)=O)C(C)C. The number of rotatable bonds is 15. The number of hydrogen-bond acceptors (Lipinski definition) is 9. The van der Waals surface area contributed by atoms with E-state index in [1.807, 2.05) is 0 Å². The number of amides is 4. The summed E-state index contributed by atoms with van der Waals surface area (Å²) in [5, 5.41) is 20.0. The summed E-state index contributed by atoms with van der Waals surface area (Å²) >= 11 is 0. The van der Waals surface area contributed by atoms with Gasteiger partial charge in [0.1, 0.15) is 29.5 Å². The minimum atomic E-state index is -1.06. The summed E-state index contributed by atoms with van der Waals surface area (Å²) in [5.74, 6) is -3.15. The molecule has 0 fully saturated rings. The van der Waals surface area contributed by atoms with Gasteiger partial charge in [-0.05, 0) is 51.3 Å². The fraction of sp³-hybridized carbons (Fsp3) is 0.621. The van der Waals surface area contributed by atoms with Gasteiger partial charge in [-0.3, -0.25) is 24.0 Å². The summed E-state index contributed by atoms with van der Waals surface area (Å²) in [6.07, 6.45) is -1.09. The Hall–Kier alpha value is -3.71. The van der Waals surface area contributed by atoms with Gasteiger partial charge in [-0.1, -0.05) is 26.0 Å². The van der Waals surface area contributed by atoms with Crippen LogP contribution in [-0.4, -0.2) is 85.0 Å². The molecular weight excluding hydrogens is 548 g/mol. The molecule has 0 radical (unpaired) electrons. The van der Waals surface area contributed by atoms with Crippen LogP contribution >= 0.6 is 0 Å². The third-order valence-electron chi connectivity index (χ3n) is 6.00. The smallest absolute Gasteiger partial charge is 0.308 e. The maximum absolute atomic E-state index is 13.2. The third-order valence-corrected chi connectivity index (χ3v) is 6.00. The van der Waals surface area contributed by atoms with Crippen LogP contribution in [0.25, 0.3) is 0 Å². The second-order valence-electron chi connectivity index (χ2n) is 11.3. The highest BCUT2D eigenvalue weighted by atomic mass is 16.7. The summed E-state index contributed by atoms with van der Waals surface area (Å²) in [6.45, 7) is 11.3. The van der Waals surface area contributed by atoms with Gasteiger partial charge in [-0.15, -0.1) is 0 Å². The van der Waals surface area contributed by atoms with E-state index in [1.54, 1.807) is 46.8 Å². The van der Waals surface area contributed by atoms with Gasteiger partial charge in [-0.25, -0.2) is 0 Å². The third kappa shape index (κ3) is 12.9. The van der Waals surface area contributed by atoms with Gasteiger partial charge < -0.3 is 40.6 Å². The van der Waals surface area contributed by atoms with Crippen LogP contribution in [0, 0.1) is 5.92 Å². The average molecular weight is 595 g/mol. The van der Waals surface area contributed by atoms with Crippen molar-refractivity contribution in [2.24, 2.45) is 5.92 Å². The van der Waals surface area contributed by atoms with Crippen molar-refractivity contribution in [2.75, 3.05) is 14.2 Å². The fourth-order valence-corrected chi connectivity index (χ4v) is 3.99. The highest BCUT2D eigenvalue weighted by Crippen LogP contribution is 2.14. The van der Waals surface area contributed by atoms with E-state index in [0.717, 1.165) is 0 Å². The molecule has 0 aliphatic heterocycles. The van der Waals surface area contributed by atoms with E-state index in [9.17, 15) is 29.1 Å². The Labute approximate surface area is 247 Å². The van der Waals surface area contributed by atoms with Crippen LogP contribution in [0.15, 0.2) is 24.3 Å². The number of carbonyl (C=O) groups excluding carboxylic acids is 5. The minimum Gasteiger partial charge on any atom is -0.508 e. The zero-order valence-corrected chi connectivity index (χ0v) is 25.9. The Bertz CT molecular complexity index is 1070. The zero-order valence-electron chi connectivity index (χ0n) is 25.9. The standard InChI is InChI=1S/C29H46N4O9/c1-16(2)24(33-26(38)21(31-18(4)34)14-19-10-12-20(35)13-11-19)27(39)30-17(3)25(37)32-22(28(40-8)41-9)15-23(36)42-29(5,6)7/h10-13,16-17,21-22,24,28,35H,14-15H2,1-9H3,(H,30,39)(H,31,34)(H,32,37)(H,33,38)/t17-,21-,22-,24+/m0/s1. The van der Waals surface area contributed by atoms with Crippen molar-refractivity contribution in [3.05, 3.63) is 29.8 Å². The lowest BCUT2D eigenvalue weighted by Crippen LogP contribution is -2.59. The summed E-state index contributed by atoms with van der Waals surface area (Å²) in [7, 11) is 2.72. The van der Waals surface area contributed by atoms with Crippen LogP contribution in [0.2, 0.25) is 0 Å². The molecule has 13 heteroatoms. The van der Waals surface area contributed by atoms with E-state index in [1.165, 1.54) is 40.2 Å². The number of carbonyl (C=O) groups is 5. The van der Waals surface area contributed by atoms with E-state index in [-0.39, 0.29) is 24.5 Å². The first kappa shape index (κ1) is 36.3. The van der Waals surface area contributed by atoms with Crippen molar-refractivity contribution in [1.82, 2.24) is 21.3 Å². The molecule has 0 bridgehead atoms. The van der Waals surface area contributed by atoms with Gasteiger partial charge in [0, 0.05) is 27.6 Å². The molecule has 0 aliphatic rings. The van der Waals surface area contributed by atoms with Crippen molar-refractivity contribution < 1.29 is 43.3 Å². The molecule has 0 saturated carbocycles. The Balaban J connectivity index is 2.97. The largest absolute Gasteiger partial charge is 0.508 e. The molecule has 4 amide bonds. The highest BCUT2D eigenvalue weighted by Gasteiger charge is 2.33. The summed E-state index contributed by atoms with van der Waals surface area (Å²) in [5.41, 5.74) is -0.0501. The number of benzene rings is 1. The predicted molar refractivity (Wildman–Crippen MR) is 154 cm³/mol. The molecule has 5 N–H and O–H groups in total. The number of phenols is 1. The van der Waals surface area contributed by atoms with E-state index in [2.05, 4.69) is 21.3 Å². The van der Waals surface area contributed by atoms with Crippen LogP contribution in [0.4, 0.5) is 0 Å². The van der Waals surface area contributed by atoms with Crippen molar-refractivity contribution >= 4 is 29.6 Å². The first-order chi connectivity index (χ1) is 19.5. The summed E-state index contributed by atoms with van der Waals surface area (Å²) in [4.78, 5) is 63.6. The van der Waals surface area contributed by atoms with Crippen molar-refractivity contribution in [2.45, 2.75) is 97.4 Å². The molecule has 1 aromatic carbocycles. The normalized spacial score (nSPS) is 14.4. The maximum atomic E-state index is 13.2. The minimum absolute atomic E-state index is 0.0603. The van der Waals surface area contributed by atoms with Crippen molar-refractivity contribution in [3.8, 4) is 5.75 Å². The maximum Gasteiger partial charge on any atom is 0.308 e. The van der Waals surface area contributed by atoms with Crippen molar-refractivity contribution in [1.29, 1.82) is 0 Å². The predicted octanol–water partition coefficient (Wildman–Crippen LogP) is 0.920. The molecule has 236 valence electrons. The molecule has 1 aromatic rings. The van der Waals surface area contributed by atoms with Gasteiger partial charge >= 0.3 is 5.97 Å². The number of nitrogens with one attached hydrogen (secondary N) is 4. The molecule has 13 nitrogen and oxygen atoms in total. The Morgan fingerprint density at radius 1 is 0.833 bits per heavy atom. The van der Waals surface area contributed by atoms with Crippen LogP contribution in [0.5, 0.6) is 5.75 Å². The highest BCUT2D eigenvalue weighted by molar-refractivity contribution is 5.94. The van der Waals surface area contributed by atoms with E-state index in [0.29, 0.717) is 5.56 Å². The second kappa shape index (κ2) is 16.7. The Kier molecular flexibility index (Phi) is 14.4. The fourth-order valence-electron chi connectivity index (χ4n) is 3.99. The molecule has 0 spiro atoms. The lowest BCUT2D eigenvalue weighted by atomic mass is 10.0. The van der Waals surface area contributed by atoms with Crippen LogP contribution < -0.4 is 21.3 Å². The number of esters is 1. The van der Waals surface area contributed by atoms with Gasteiger partial charge in [0.05, 0.1) is 12.5 Å². The first-order valence-electron chi connectivity index (χ1n) is 13.7. The van der Waals surface area contributed by atoms with Crippen LogP contribution in [-0.2, 0) is 44.6 Å². The number of methoxy groups -OCH3 is 2. The first-order valence-corrected chi connectivity index (χ1v) is 13.7. The number of phenolic OH excluding ortho intramolecular Hbond substituents is 1. The van der Waals surface area contributed by atoms with Gasteiger partial charge in [-0.2, -0.15) is 0 Å². The lowest BCUT2D eigenvalue weighted by molar-refractivity contribution is -0.163. The Morgan fingerprint density at radius 2 is 1.40 bits per heavy atom. The molecule has 0 unspecified atom stereocenters.